The quantitative estimate of drug-likeness (QED) is 0.244. The van der Waals surface area contributed by atoms with Gasteiger partial charge in [-0.15, -0.1) is 0 Å². The first-order chi connectivity index (χ1) is 15.8. The Morgan fingerprint density at radius 1 is 0.818 bits per heavy atom. The molecule has 0 bridgehead atoms. The first-order valence-electron chi connectivity index (χ1n) is 10.3. The summed E-state index contributed by atoms with van der Waals surface area (Å²) < 4.78 is 53.3. The highest BCUT2D eigenvalue weighted by molar-refractivity contribution is 5.72. The van der Waals surface area contributed by atoms with Crippen LogP contribution in [0.4, 0.5) is 13.2 Å². The zero-order valence-corrected chi connectivity index (χ0v) is 18.6. The van der Waals surface area contributed by atoms with Crippen LogP contribution in [0.25, 0.3) is 22.3 Å². The van der Waals surface area contributed by atoms with Gasteiger partial charge in [-0.05, 0) is 47.7 Å². The molecule has 0 aliphatic rings. The third kappa shape index (κ3) is 5.75. The Kier molecular flexibility index (Phi) is 7.78. The molecule has 3 aromatic carbocycles. The zero-order valence-electron chi connectivity index (χ0n) is 18.6. The van der Waals surface area contributed by atoms with Gasteiger partial charge in [-0.3, -0.25) is 0 Å². The van der Waals surface area contributed by atoms with Crippen LogP contribution in [0.15, 0.2) is 97.1 Å². The smallest absolute Gasteiger partial charge is 0.167 e. The normalized spacial score (nSPS) is 11.2. The van der Waals surface area contributed by atoms with E-state index in [0.717, 1.165) is 5.56 Å². The van der Waals surface area contributed by atoms with E-state index in [1.807, 2.05) is 12.1 Å². The summed E-state index contributed by atoms with van der Waals surface area (Å²) in [7, 11) is 2.89. The van der Waals surface area contributed by atoms with Crippen molar-refractivity contribution in [2.75, 3.05) is 14.2 Å². The molecule has 33 heavy (non-hydrogen) atoms. The van der Waals surface area contributed by atoms with Crippen molar-refractivity contribution in [3.05, 3.63) is 114 Å². The van der Waals surface area contributed by atoms with Crippen molar-refractivity contribution in [2.24, 2.45) is 0 Å². The van der Waals surface area contributed by atoms with Crippen LogP contribution >= 0.6 is 0 Å². The highest BCUT2D eigenvalue weighted by atomic mass is 19.2. The van der Waals surface area contributed by atoms with E-state index in [1.54, 1.807) is 55.6 Å². The molecule has 3 aromatic rings. The minimum Gasteiger partial charge on any atom is -0.497 e. The molecule has 0 unspecified atom stereocenters. The molecule has 0 amide bonds. The zero-order chi connectivity index (χ0) is 24.0. The molecular weight excluding hydrogens is 425 g/mol. The largest absolute Gasteiger partial charge is 0.497 e. The summed E-state index contributed by atoms with van der Waals surface area (Å²) in [6.45, 7) is 7.30. The number of allylic oxidation sites excluding steroid dienone is 3. The van der Waals surface area contributed by atoms with Crippen LogP contribution in [0.3, 0.4) is 0 Å². The number of halogens is 3. The summed E-state index contributed by atoms with van der Waals surface area (Å²) >= 11 is 0. The van der Waals surface area contributed by atoms with E-state index >= 15 is 0 Å². The van der Waals surface area contributed by atoms with Crippen LogP contribution in [0.2, 0.25) is 0 Å². The molecule has 0 aromatic heterocycles. The number of hydrogen-bond acceptors (Lipinski definition) is 2. The van der Waals surface area contributed by atoms with Gasteiger partial charge in [0.1, 0.15) is 11.5 Å². The minimum atomic E-state index is -0.900. The maximum Gasteiger partial charge on any atom is 0.167 e. The predicted molar refractivity (Wildman–Crippen MR) is 127 cm³/mol. The summed E-state index contributed by atoms with van der Waals surface area (Å²) in [6.07, 6.45) is 2.45. The Hall–Kier alpha value is -3.73. The molecule has 0 aliphatic carbocycles. The first-order valence-corrected chi connectivity index (χ1v) is 10.3. The van der Waals surface area contributed by atoms with Crippen LogP contribution in [-0.4, -0.2) is 14.2 Å². The highest BCUT2D eigenvalue weighted by Gasteiger charge is 2.16. The Labute approximate surface area is 192 Å². The standard InChI is InChI=1S/C28H25F3O2/c1-18(17-26(29)19(2)32-3)5-6-20-7-9-21(10-8-20)24-15-16-25(28(31)27(24)30)22-11-13-23(33-4)14-12-22/h7-17H,1-2,5-6H2,3-4H3/b26-17+. The highest BCUT2D eigenvalue weighted by Crippen LogP contribution is 2.32. The molecule has 3 rings (SSSR count). The van der Waals surface area contributed by atoms with E-state index in [1.165, 1.54) is 13.2 Å². The number of methoxy groups -OCH3 is 2. The molecule has 0 N–H and O–H groups in total. The van der Waals surface area contributed by atoms with Crippen molar-refractivity contribution in [3.63, 3.8) is 0 Å². The summed E-state index contributed by atoms with van der Waals surface area (Å²) in [6, 6.07) is 17.1. The third-order valence-corrected chi connectivity index (χ3v) is 5.33. The van der Waals surface area contributed by atoms with Gasteiger partial charge in [0.25, 0.3) is 0 Å². The van der Waals surface area contributed by atoms with Crippen molar-refractivity contribution in [1.29, 1.82) is 0 Å². The second-order valence-electron chi connectivity index (χ2n) is 7.49. The van der Waals surface area contributed by atoms with E-state index in [0.29, 0.717) is 35.3 Å². The lowest BCUT2D eigenvalue weighted by Gasteiger charge is -2.10. The number of hydrogen-bond donors (Lipinski definition) is 0. The molecule has 0 saturated heterocycles. The molecule has 2 nitrogen and oxygen atoms in total. The van der Waals surface area contributed by atoms with Crippen LogP contribution in [0, 0.1) is 11.6 Å². The second-order valence-corrected chi connectivity index (χ2v) is 7.49. The topological polar surface area (TPSA) is 18.5 Å². The molecule has 5 heteroatoms. The lowest BCUT2D eigenvalue weighted by Crippen LogP contribution is -1.95. The van der Waals surface area contributed by atoms with Gasteiger partial charge in [-0.1, -0.05) is 67.3 Å². The van der Waals surface area contributed by atoms with E-state index in [9.17, 15) is 13.2 Å². The number of benzene rings is 3. The predicted octanol–water partition coefficient (Wildman–Crippen LogP) is 7.81. The van der Waals surface area contributed by atoms with Gasteiger partial charge in [0.2, 0.25) is 0 Å². The fraction of sp³-hybridized carbons (Fsp3) is 0.143. The van der Waals surface area contributed by atoms with Crippen LogP contribution in [-0.2, 0) is 11.2 Å². The molecule has 0 spiro atoms. The van der Waals surface area contributed by atoms with E-state index in [2.05, 4.69) is 13.2 Å². The van der Waals surface area contributed by atoms with Crippen LogP contribution < -0.4 is 4.74 Å². The van der Waals surface area contributed by atoms with Crippen LogP contribution in [0.5, 0.6) is 5.75 Å². The van der Waals surface area contributed by atoms with Gasteiger partial charge >= 0.3 is 0 Å². The van der Waals surface area contributed by atoms with Crippen molar-refractivity contribution >= 4 is 0 Å². The molecule has 0 radical (unpaired) electrons. The SMILES string of the molecule is C=C(/C=C(/F)C(=C)OC)CCc1ccc(-c2ccc(-c3ccc(OC)cc3)c(F)c2F)cc1. The fourth-order valence-corrected chi connectivity index (χ4v) is 3.35. The lowest BCUT2D eigenvalue weighted by atomic mass is 9.97. The summed E-state index contributed by atoms with van der Waals surface area (Å²) in [5.41, 5.74) is 3.06. The van der Waals surface area contributed by atoms with Crippen molar-refractivity contribution in [1.82, 2.24) is 0 Å². The molecule has 0 fully saturated rings. The van der Waals surface area contributed by atoms with Gasteiger partial charge in [0.05, 0.1) is 14.2 Å². The Morgan fingerprint density at radius 3 is 1.82 bits per heavy atom. The fourth-order valence-electron chi connectivity index (χ4n) is 3.35. The van der Waals surface area contributed by atoms with Crippen molar-refractivity contribution in [2.45, 2.75) is 12.8 Å². The van der Waals surface area contributed by atoms with E-state index in [4.69, 9.17) is 9.47 Å². The number of ether oxygens (including phenoxy) is 2. The van der Waals surface area contributed by atoms with Gasteiger partial charge < -0.3 is 9.47 Å². The summed E-state index contributed by atoms with van der Waals surface area (Å²) in [4.78, 5) is 0. The third-order valence-electron chi connectivity index (χ3n) is 5.33. The molecule has 0 saturated carbocycles. The Bertz CT molecular complexity index is 1180. The summed E-state index contributed by atoms with van der Waals surface area (Å²) in [5, 5.41) is 0. The monoisotopic (exact) mass is 450 g/mol. The minimum absolute atomic E-state index is 0.0484. The Morgan fingerprint density at radius 2 is 1.33 bits per heavy atom. The molecule has 0 heterocycles. The number of rotatable bonds is 9. The second kappa shape index (κ2) is 10.7. The number of aryl methyl sites for hydroxylation is 1. The maximum absolute atomic E-state index is 14.9. The van der Waals surface area contributed by atoms with Gasteiger partial charge in [-0.25, -0.2) is 13.2 Å². The average Bonchev–Trinajstić information content (AvgIpc) is 2.84. The van der Waals surface area contributed by atoms with Gasteiger partial charge in [0, 0.05) is 11.1 Å². The molecule has 0 aliphatic heterocycles. The van der Waals surface area contributed by atoms with E-state index < -0.39 is 17.5 Å². The summed E-state index contributed by atoms with van der Waals surface area (Å²) in [5.74, 6) is -1.77. The Balaban J connectivity index is 1.73. The average molecular weight is 451 g/mol. The van der Waals surface area contributed by atoms with Crippen molar-refractivity contribution < 1.29 is 22.6 Å². The van der Waals surface area contributed by atoms with E-state index in [-0.39, 0.29) is 16.9 Å². The van der Waals surface area contributed by atoms with Gasteiger partial charge in [-0.2, -0.15) is 0 Å². The van der Waals surface area contributed by atoms with Crippen molar-refractivity contribution in [3.8, 4) is 28.0 Å². The van der Waals surface area contributed by atoms with Crippen LogP contribution in [0.1, 0.15) is 12.0 Å². The molecule has 0 atom stereocenters. The molecule has 170 valence electrons. The first kappa shape index (κ1) is 23.9. The van der Waals surface area contributed by atoms with Gasteiger partial charge in [0.15, 0.2) is 17.5 Å². The lowest BCUT2D eigenvalue weighted by molar-refractivity contribution is 0.285. The maximum atomic E-state index is 14.9. The molecular formula is C28H25F3O2.